The van der Waals surface area contributed by atoms with Crippen LogP contribution in [0.15, 0.2) is 24.3 Å². The van der Waals surface area contributed by atoms with E-state index in [-0.39, 0.29) is 11.3 Å². The third kappa shape index (κ3) is 3.34. The van der Waals surface area contributed by atoms with Gasteiger partial charge in [0.05, 0.1) is 6.61 Å². The zero-order valence-electron chi connectivity index (χ0n) is 14.2. The lowest BCUT2D eigenvalue weighted by Crippen LogP contribution is -2.60. The van der Waals surface area contributed by atoms with Gasteiger partial charge in [-0.25, -0.2) is 4.79 Å². The Morgan fingerprint density at radius 2 is 1.96 bits per heavy atom. The molecule has 1 fully saturated rings. The number of hydrogen-bond donors (Lipinski definition) is 4. The predicted molar refractivity (Wildman–Crippen MR) is 89.1 cm³/mol. The number of unbranched alkanes of at least 4 members (excludes halogenated alkanes) is 1. The number of aliphatic hydroxyl groups is 4. The minimum atomic E-state index is -1.56. The summed E-state index contributed by atoms with van der Waals surface area (Å²) in [6, 6.07) is 4.91. The van der Waals surface area contributed by atoms with Crippen LogP contribution in [0.5, 0.6) is 5.75 Å². The van der Waals surface area contributed by atoms with Crippen molar-refractivity contribution in [2.24, 2.45) is 0 Å². The van der Waals surface area contributed by atoms with E-state index in [0.717, 1.165) is 12.8 Å². The maximum absolute atomic E-state index is 12.2. The van der Waals surface area contributed by atoms with E-state index in [1.807, 2.05) is 13.0 Å². The standard InChI is InChI=1S/C18H22O8/c1-2-3-6-10-9-5-4-7-11(13(9)17(23)24-10)25-18-16(22)15(21)14(20)12(8-19)26-18/h4-7,12,14-16,18-22H,2-3,8H2,1H3/t12-,14-,15+,16-,18-/m1/s1. The number of ether oxygens (including phenoxy) is 3. The monoisotopic (exact) mass is 366 g/mol. The third-order valence-electron chi connectivity index (χ3n) is 4.41. The van der Waals surface area contributed by atoms with Gasteiger partial charge in [-0.15, -0.1) is 0 Å². The Morgan fingerprint density at radius 3 is 2.65 bits per heavy atom. The Kier molecular flexibility index (Phi) is 5.59. The Bertz CT molecular complexity index is 698. The van der Waals surface area contributed by atoms with Crippen LogP contribution in [0.4, 0.5) is 0 Å². The summed E-state index contributed by atoms with van der Waals surface area (Å²) in [7, 11) is 0. The number of carbonyl (C=O) groups is 1. The molecule has 1 aromatic rings. The van der Waals surface area contributed by atoms with Crippen LogP contribution in [0.2, 0.25) is 0 Å². The predicted octanol–water partition coefficient (Wildman–Crippen LogP) is 0.177. The van der Waals surface area contributed by atoms with Crippen molar-refractivity contribution < 1.29 is 39.4 Å². The largest absolute Gasteiger partial charge is 0.461 e. The lowest BCUT2D eigenvalue weighted by atomic mass is 9.99. The van der Waals surface area contributed by atoms with Gasteiger partial charge in [-0.1, -0.05) is 25.5 Å². The number of aliphatic hydroxyl groups excluding tert-OH is 4. The Morgan fingerprint density at radius 1 is 1.19 bits per heavy atom. The van der Waals surface area contributed by atoms with E-state index >= 15 is 0 Å². The number of hydrogen-bond acceptors (Lipinski definition) is 8. The van der Waals surface area contributed by atoms with Gasteiger partial charge in [0, 0.05) is 5.56 Å². The molecule has 0 aliphatic carbocycles. The molecule has 26 heavy (non-hydrogen) atoms. The summed E-state index contributed by atoms with van der Waals surface area (Å²) in [5, 5.41) is 39.0. The average Bonchev–Trinajstić information content (AvgIpc) is 2.97. The topological polar surface area (TPSA) is 126 Å². The summed E-state index contributed by atoms with van der Waals surface area (Å²) in [6.45, 7) is 1.44. The highest BCUT2D eigenvalue weighted by atomic mass is 16.7. The summed E-state index contributed by atoms with van der Waals surface area (Å²) < 4.78 is 16.2. The van der Waals surface area contributed by atoms with Gasteiger partial charge < -0.3 is 34.6 Å². The second-order valence-electron chi connectivity index (χ2n) is 6.24. The molecule has 8 heteroatoms. The second-order valence-corrected chi connectivity index (χ2v) is 6.24. The SMILES string of the molecule is CCCC=C1OC(=O)c2c(O[C@@H]3O[C@H](CO)[C@@H](O)[C@H](O)[C@H]3O)cccc21. The summed E-state index contributed by atoms with van der Waals surface area (Å²) >= 11 is 0. The maximum atomic E-state index is 12.2. The van der Waals surface area contributed by atoms with Crippen LogP contribution >= 0.6 is 0 Å². The minimum absolute atomic E-state index is 0.122. The van der Waals surface area contributed by atoms with Crippen LogP contribution in [0.25, 0.3) is 5.76 Å². The Labute approximate surface area is 150 Å². The van der Waals surface area contributed by atoms with Gasteiger partial charge in [-0.3, -0.25) is 0 Å². The fourth-order valence-corrected chi connectivity index (χ4v) is 2.97. The van der Waals surface area contributed by atoms with E-state index in [9.17, 15) is 25.2 Å². The lowest BCUT2D eigenvalue weighted by Gasteiger charge is -2.39. The lowest BCUT2D eigenvalue weighted by molar-refractivity contribution is -0.277. The maximum Gasteiger partial charge on any atom is 0.348 e. The first-order chi connectivity index (χ1) is 12.5. The number of esters is 1. The number of carbonyl (C=O) groups excluding carboxylic acids is 1. The van der Waals surface area contributed by atoms with Crippen molar-refractivity contribution in [3.63, 3.8) is 0 Å². The highest BCUT2D eigenvalue weighted by Crippen LogP contribution is 2.37. The molecule has 1 saturated heterocycles. The molecule has 4 N–H and O–H groups in total. The van der Waals surface area contributed by atoms with E-state index in [2.05, 4.69) is 0 Å². The molecule has 0 bridgehead atoms. The van der Waals surface area contributed by atoms with Gasteiger partial charge in [0.2, 0.25) is 6.29 Å². The Balaban J connectivity index is 1.88. The van der Waals surface area contributed by atoms with Crippen LogP contribution < -0.4 is 4.74 Å². The summed E-state index contributed by atoms with van der Waals surface area (Å²) in [5.74, 6) is -0.00891. The van der Waals surface area contributed by atoms with Gasteiger partial charge in [0.25, 0.3) is 0 Å². The molecule has 0 aromatic heterocycles. The highest BCUT2D eigenvalue weighted by Gasteiger charge is 2.45. The molecule has 0 radical (unpaired) electrons. The fraction of sp³-hybridized carbons (Fsp3) is 0.500. The van der Waals surface area contributed by atoms with Crippen LogP contribution in [0.3, 0.4) is 0 Å². The van der Waals surface area contributed by atoms with Crippen molar-refractivity contribution in [1.82, 2.24) is 0 Å². The molecule has 2 heterocycles. The van der Waals surface area contributed by atoms with E-state index in [1.54, 1.807) is 12.1 Å². The zero-order chi connectivity index (χ0) is 18.8. The van der Waals surface area contributed by atoms with Crippen molar-refractivity contribution >= 4 is 11.7 Å². The van der Waals surface area contributed by atoms with Gasteiger partial charge in [-0.2, -0.15) is 0 Å². The summed E-state index contributed by atoms with van der Waals surface area (Å²) in [5.41, 5.74) is 0.775. The van der Waals surface area contributed by atoms with Crippen molar-refractivity contribution in [3.05, 3.63) is 35.4 Å². The van der Waals surface area contributed by atoms with Gasteiger partial charge in [-0.05, 0) is 18.6 Å². The third-order valence-corrected chi connectivity index (χ3v) is 4.41. The number of fused-ring (bicyclic) bond motifs is 1. The molecule has 2 aliphatic heterocycles. The van der Waals surface area contributed by atoms with Crippen molar-refractivity contribution in [1.29, 1.82) is 0 Å². The van der Waals surface area contributed by atoms with E-state index in [1.165, 1.54) is 6.07 Å². The number of rotatable bonds is 5. The molecule has 3 rings (SSSR count). The first-order valence-corrected chi connectivity index (χ1v) is 8.50. The molecular weight excluding hydrogens is 344 g/mol. The smallest absolute Gasteiger partial charge is 0.348 e. The minimum Gasteiger partial charge on any atom is -0.461 e. The number of allylic oxidation sites excluding steroid dienone is 1. The van der Waals surface area contributed by atoms with Gasteiger partial charge >= 0.3 is 5.97 Å². The first-order valence-electron chi connectivity index (χ1n) is 8.50. The normalized spacial score (nSPS) is 32.4. The molecule has 1 aromatic carbocycles. The summed E-state index contributed by atoms with van der Waals surface area (Å²) in [4.78, 5) is 12.2. The zero-order valence-corrected chi connectivity index (χ0v) is 14.2. The molecular formula is C18H22O8. The molecule has 142 valence electrons. The quantitative estimate of drug-likeness (QED) is 0.544. The van der Waals surface area contributed by atoms with Crippen molar-refractivity contribution in [3.8, 4) is 5.75 Å². The van der Waals surface area contributed by atoms with Crippen LogP contribution in [-0.2, 0) is 9.47 Å². The van der Waals surface area contributed by atoms with Crippen LogP contribution in [0, 0.1) is 0 Å². The van der Waals surface area contributed by atoms with Crippen molar-refractivity contribution in [2.45, 2.75) is 50.5 Å². The van der Waals surface area contributed by atoms with Crippen LogP contribution in [-0.4, -0.2) is 63.7 Å². The van der Waals surface area contributed by atoms with Crippen molar-refractivity contribution in [2.75, 3.05) is 6.61 Å². The average molecular weight is 366 g/mol. The summed E-state index contributed by atoms with van der Waals surface area (Å²) in [6.07, 6.45) is -3.59. The molecule has 0 spiro atoms. The second kappa shape index (κ2) is 7.73. The molecule has 0 amide bonds. The first kappa shape index (κ1) is 18.8. The van der Waals surface area contributed by atoms with Crippen LogP contribution in [0.1, 0.15) is 35.7 Å². The Hall–Kier alpha value is -1.97. The van der Waals surface area contributed by atoms with Gasteiger partial charge in [0.15, 0.2) is 0 Å². The molecule has 0 unspecified atom stereocenters. The van der Waals surface area contributed by atoms with Gasteiger partial charge in [0.1, 0.15) is 41.5 Å². The van der Waals surface area contributed by atoms with E-state index in [0.29, 0.717) is 11.3 Å². The highest BCUT2D eigenvalue weighted by molar-refractivity contribution is 6.05. The fourth-order valence-electron chi connectivity index (χ4n) is 2.97. The number of benzene rings is 1. The molecule has 0 saturated carbocycles. The molecule has 2 aliphatic rings. The molecule has 8 nitrogen and oxygen atoms in total. The van der Waals surface area contributed by atoms with E-state index in [4.69, 9.17) is 14.2 Å². The number of cyclic esters (lactones) is 1. The van der Waals surface area contributed by atoms with E-state index < -0.39 is 43.3 Å². The molecule has 5 atom stereocenters.